The first kappa shape index (κ1) is 15.9. The highest BCUT2D eigenvalue weighted by Crippen LogP contribution is 2.38. The van der Waals surface area contributed by atoms with Crippen LogP contribution in [0.4, 0.5) is 0 Å². The molecular weight excluding hydrogens is 324 g/mol. The Morgan fingerprint density at radius 2 is 1.38 bits per heavy atom. The molecule has 0 saturated carbocycles. The van der Waals surface area contributed by atoms with Gasteiger partial charge in [0.2, 0.25) is 0 Å². The molecule has 0 aliphatic rings. The van der Waals surface area contributed by atoms with Crippen molar-refractivity contribution in [2.45, 2.75) is 0 Å². The van der Waals surface area contributed by atoms with Crippen LogP contribution in [0.15, 0.2) is 84.9 Å². The van der Waals surface area contributed by atoms with Crippen LogP contribution < -0.4 is 0 Å². The quantitative estimate of drug-likeness (QED) is 0.507. The standard InChI is InChI=1S/C23H16O3/c24-17-13-20(19-12-6-10-15-7-4-5-11-18(15)19)22(21(25)14-17)23(26)16-8-2-1-3-9-16/h1-14,24-25H. The number of hydrogen-bond acceptors (Lipinski definition) is 3. The molecule has 3 nitrogen and oxygen atoms in total. The molecule has 4 aromatic rings. The van der Waals surface area contributed by atoms with E-state index in [1.165, 1.54) is 12.1 Å². The summed E-state index contributed by atoms with van der Waals surface area (Å²) in [5, 5.41) is 22.5. The molecule has 0 aliphatic carbocycles. The lowest BCUT2D eigenvalue weighted by atomic mass is 9.90. The summed E-state index contributed by atoms with van der Waals surface area (Å²) in [6.45, 7) is 0. The number of ketones is 1. The minimum absolute atomic E-state index is 0.0879. The zero-order chi connectivity index (χ0) is 18.1. The van der Waals surface area contributed by atoms with Gasteiger partial charge in [-0.2, -0.15) is 0 Å². The molecule has 26 heavy (non-hydrogen) atoms. The monoisotopic (exact) mass is 340 g/mol. The molecule has 0 amide bonds. The molecule has 0 aliphatic heterocycles. The van der Waals surface area contributed by atoms with Crippen LogP contribution in [-0.4, -0.2) is 16.0 Å². The first-order chi connectivity index (χ1) is 12.6. The molecule has 0 saturated heterocycles. The summed E-state index contributed by atoms with van der Waals surface area (Å²) in [5.41, 5.74) is 1.96. The maximum atomic E-state index is 13.1. The van der Waals surface area contributed by atoms with Gasteiger partial charge >= 0.3 is 0 Å². The second-order valence-corrected chi connectivity index (χ2v) is 6.11. The van der Waals surface area contributed by atoms with Crippen molar-refractivity contribution in [3.8, 4) is 22.6 Å². The number of benzene rings is 4. The van der Waals surface area contributed by atoms with Crippen molar-refractivity contribution in [1.29, 1.82) is 0 Å². The fraction of sp³-hybridized carbons (Fsp3) is 0. The van der Waals surface area contributed by atoms with E-state index in [1.54, 1.807) is 24.3 Å². The molecule has 0 aromatic heterocycles. The Hall–Kier alpha value is -3.59. The Bertz CT molecular complexity index is 1110. The summed E-state index contributed by atoms with van der Waals surface area (Å²) >= 11 is 0. The van der Waals surface area contributed by atoms with Crippen LogP contribution >= 0.6 is 0 Å². The van der Waals surface area contributed by atoms with E-state index >= 15 is 0 Å². The number of phenols is 2. The zero-order valence-corrected chi connectivity index (χ0v) is 13.9. The molecule has 0 heterocycles. The zero-order valence-electron chi connectivity index (χ0n) is 13.9. The van der Waals surface area contributed by atoms with Crippen molar-refractivity contribution < 1.29 is 15.0 Å². The topological polar surface area (TPSA) is 57.5 Å². The van der Waals surface area contributed by atoms with Crippen LogP contribution in [0.2, 0.25) is 0 Å². The number of phenolic OH excluding ortho intramolecular Hbond substituents is 2. The molecule has 0 radical (unpaired) electrons. The SMILES string of the molecule is O=C(c1ccccc1)c1c(O)cc(O)cc1-c1cccc2ccccc12. The number of hydrogen-bond donors (Lipinski definition) is 2. The normalized spacial score (nSPS) is 10.8. The van der Waals surface area contributed by atoms with Crippen molar-refractivity contribution >= 4 is 16.6 Å². The van der Waals surface area contributed by atoms with Gasteiger partial charge in [-0.05, 0) is 22.4 Å². The number of fused-ring (bicyclic) bond motifs is 1. The van der Waals surface area contributed by atoms with Crippen molar-refractivity contribution in [3.63, 3.8) is 0 Å². The second kappa shape index (κ2) is 6.37. The van der Waals surface area contributed by atoms with Gasteiger partial charge in [-0.25, -0.2) is 0 Å². The second-order valence-electron chi connectivity index (χ2n) is 6.11. The molecule has 126 valence electrons. The predicted octanol–water partition coefficient (Wildman–Crippen LogP) is 5.15. The Labute approximate surface area is 150 Å². The molecule has 3 heteroatoms. The number of rotatable bonds is 3. The molecule has 0 unspecified atom stereocenters. The van der Waals surface area contributed by atoms with Crippen LogP contribution in [0.1, 0.15) is 15.9 Å². The van der Waals surface area contributed by atoms with Crippen molar-refractivity contribution in [3.05, 3.63) is 96.1 Å². The Kier molecular flexibility index (Phi) is 3.90. The van der Waals surface area contributed by atoms with Crippen molar-refractivity contribution in [2.75, 3.05) is 0 Å². The molecule has 0 fully saturated rings. The Balaban J connectivity index is 2.01. The average Bonchev–Trinajstić information content (AvgIpc) is 2.67. The maximum Gasteiger partial charge on any atom is 0.197 e. The first-order valence-electron chi connectivity index (χ1n) is 8.29. The van der Waals surface area contributed by atoms with Crippen LogP contribution in [0, 0.1) is 0 Å². The molecule has 4 rings (SSSR count). The highest BCUT2D eigenvalue weighted by atomic mass is 16.3. The first-order valence-corrected chi connectivity index (χ1v) is 8.29. The Morgan fingerprint density at radius 1 is 0.692 bits per heavy atom. The van der Waals surface area contributed by atoms with E-state index in [4.69, 9.17) is 0 Å². The van der Waals surface area contributed by atoms with E-state index in [9.17, 15) is 15.0 Å². The minimum Gasteiger partial charge on any atom is -0.508 e. The molecule has 0 bridgehead atoms. The number of carbonyl (C=O) groups is 1. The average molecular weight is 340 g/mol. The number of aromatic hydroxyl groups is 2. The van der Waals surface area contributed by atoms with Crippen molar-refractivity contribution in [1.82, 2.24) is 0 Å². The lowest BCUT2D eigenvalue weighted by molar-refractivity contribution is 0.103. The van der Waals surface area contributed by atoms with Crippen molar-refractivity contribution in [2.24, 2.45) is 0 Å². The van der Waals surface area contributed by atoms with Gasteiger partial charge in [0.25, 0.3) is 0 Å². The molecule has 0 spiro atoms. The smallest absolute Gasteiger partial charge is 0.197 e. The summed E-state index contributed by atoms with van der Waals surface area (Å²) in [4.78, 5) is 13.1. The molecule has 0 atom stereocenters. The fourth-order valence-corrected chi connectivity index (χ4v) is 3.26. The summed E-state index contributed by atoms with van der Waals surface area (Å²) in [6, 6.07) is 25.1. The highest BCUT2D eigenvalue weighted by Gasteiger charge is 2.21. The van der Waals surface area contributed by atoms with Crippen LogP contribution in [0.5, 0.6) is 11.5 Å². The van der Waals surface area contributed by atoms with Gasteiger partial charge in [0, 0.05) is 17.2 Å². The van der Waals surface area contributed by atoms with Crippen LogP contribution in [0.25, 0.3) is 21.9 Å². The van der Waals surface area contributed by atoms with Gasteiger partial charge < -0.3 is 10.2 Å². The summed E-state index contributed by atoms with van der Waals surface area (Å²) in [6.07, 6.45) is 0. The van der Waals surface area contributed by atoms with E-state index in [-0.39, 0.29) is 22.8 Å². The van der Waals surface area contributed by atoms with Gasteiger partial charge in [0.15, 0.2) is 5.78 Å². The van der Waals surface area contributed by atoms with Gasteiger partial charge in [0.1, 0.15) is 11.5 Å². The molecular formula is C23H16O3. The minimum atomic E-state index is -0.286. The van der Waals surface area contributed by atoms with Gasteiger partial charge in [0.05, 0.1) is 5.56 Å². The fourth-order valence-electron chi connectivity index (χ4n) is 3.26. The lowest BCUT2D eigenvalue weighted by Crippen LogP contribution is -2.04. The van der Waals surface area contributed by atoms with E-state index in [1.807, 2.05) is 48.5 Å². The summed E-state index contributed by atoms with van der Waals surface area (Å²) < 4.78 is 0. The molecule has 4 aromatic carbocycles. The van der Waals surface area contributed by atoms with E-state index in [2.05, 4.69) is 0 Å². The van der Waals surface area contributed by atoms with E-state index < -0.39 is 0 Å². The Morgan fingerprint density at radius 3 is 2.19 bits per heavy atom. The van der Waals surface area contributed by atoms with Crippen LogP contribution in [0.3, 0.4) is 0 Å². The van der Waals surface area contributed by atoms with Gasteiger partial charge in [-0.15, -0.1) is 0 Å². The third kappa shape index (κ3) is 2.70. The number of carbonyl (C=O) groups excluding carboxylic acids is 1. The molecule has 2 N–H and O–H groups in total. The summed E-state index contributed by atoms with van der Waals surface area (Å²) in [7, 11) is 0. The summed E-state index contributed by atoms with van der Waals surface area (Å²) in [5.74, 6) is -0.608. The van der Waals surface area contributed by atoms with E-state index in [0.29, 0.717) is 11.1 Å². The maximum absolute atomic E-state index is 13.1. The van der Waals surface area contributed by atoms with Gasteiger partial charge in [-0.3, -0.25) is 4.79 Å². The third-order valence-corrected chi connectivity index (χ3v) is 4.45. The van der Waals surface area contributed by atoms with Crippen LogP contribution in [-0.2, 0) is 0 Å². The third-order valence-electron chi connectivity index (χ3n) is 4.45. The predicted molar refractivity (Wildman–Crippen MR) is 103 cm³/mol. The van der Waals surface area contributed by atoms with Gasteiger partial charge in [-0.1, -0.05) is 72.8 Å². The highest BCUT2D eigenvalue weighted by molar-refractivity contribution is 6.16. The lowest BCUT2D eigenvalue weighted by Gasteiger charge is -2.14. The largest absolute Gasteiger partial charge is 0.508 e. The van der Waals surface area contributed by atoms with E-state index in [0.717, 1.165) is 16.3 Å².